The fourth-order valence-corrected chi connectivity index (χ4v) is 8.90. The number of aromatic nitrogens is 1. The van der Waals surface area contributed by atoms with E-state index in [1.807, 2.05) is 18.2 Å². The van der Waals surface area contributed by atoms with Gasteiger partial charge >= 0.3 is 0 Å². The fourth-order valence-electron chi connectivity index (χ4n) is 8.90. The van der Waals surface area contributed by atoms with E-state index in [1.54, 1.807) is 42.6 Å². The number of aromatic amines is 1. The van der Waals surface area contributed by atoms with Crippen LogP contribution in [0.5, 0.6) is 0 Å². The second kappa shape index (κ2) is 28.2. The number of aliphatic hydroxyl groups excluding tert-OH is 1. The minimum Gasteiger partial charge on any atom is -0.391 e. The number of benzene rings is 2. The molecular formula is C49H70N16O10. The van der Waals surface area contributed by atoms with Crippen molar-refractivity contribution in [3.8, 4) is 0 Å². The largest absolute Gasteiger partial charge is 0.391 e. The Labute approximate surface area is 432 Å². The van der Waals surface area contributed by atoms with Crippen LogP contribution in [0.4, 0.5) is 0 Å². The summed E-state index contributed by atoms with van der Waals surface area (Å²) in [6, 6.07) is 6.47. The fraction of sp³-hybridized carbons (Fsp3) is 0.490. The van der Waals surface area contributed by atoms with E-state index in [0.717, 1.165) is 15.8 Å². The molecule has 406 valence electrons. The van der Waals surface area contributed by atoms with E-state index in [2.05, 4.69) is 52.2 Å². The van der Waals surface area contributed by atoms with Gasteiger partial charge in [-0.2, -0.15) is 0 Å². The number of guanidine groups is 2. The summed E-state index contributed by atoms with van der Waals surface area (Å²) in [5.41, 5.74) is 29.8. The maximum Gasteiger partial charge on any atom is 0.245 e. The Morgan fingerprint density at radius 1 is 0.773 bits per heavy atom. The van der Waals surface area contributed by atoms with Gasteiger partial charge in [0.1, 0.15) is 42.3 Å². The minimum atomic E-state index is -1.41. The molecular weight excluding hydrogens is 973 g/mol. The van der Waals surface area contributed by atoms with Crippen LogP contribution in [0.25, 0.3) is 10.9 Å². The predicted octanol–water partition coefficient (Wildman–Crippen LogP) is -3.87. The van der Waals surface area contributed by atoms with Crippen LogP contribution >= 0.6 is 0 Å². The number of nitrogens with one attached hydrogen (secondary N) is 8. The number of carbonyl (C=O) groups is 9. The highest BCUT2D eigenvalue weighted by Gasteiger charge is 2.43. The van der Waals surface area contributed by atoms with Crippen molar-refractivity contribution in [2.75, 3.05) is 26.2 Å². The van der Waals surface area contributed by atoms with E-state index in [-0.39, 0.29) is 109 Å². The summed E-state index contributed by atoms with van der Waals surface area (Å²) in [4.78, 5) is 137. The molecule has 0 radical (unpaired) electrons. The monoisotopic (exact) mass is 1040 g/mol. The van der Waals surface area contributed by atoms with Gasteiger partial charge in [0, 0.05) is 75.9 Å². The van der Waals surface area contributed by atoms with Crippen molar-refractivity contribution in [1.29, 1.82) is 0 Å². The number of hydrogen-bond donors (Lipinski definition) is 14. The molecule has 0 aliphatic carbocycles. The van der Waals surface area contributed by atoms with Crippen LogP contribution in [0.1, 0.15) is 75.8 Å². The van der Waals surface area contributed by atoms with Crippen molar-refractivity contribution in [3.63, 3.8) is 0 Å². The number of nitrogens with two attached hydrogens (primary N) is 5. The number of rotatable bonds is 16. The van der Waals surface area contributed by atoms with Gasteiger partial charge in [-0.05, 0) is 62.1 Å². The maximum absolute atomic E-state index is 14.7. The normalized spacial score (nSPS) is 23.0. The van der Waals surface area contributed by atoms with Gasteiger partial charge in [0.15, 0.2) is 11.9 Å². The lowest BCUT2D eigenvalue weighted by atomic mass is 10.0. The molecule has 0 saturated carbocycles. The lowest BCUT2D eigenvalue weighted by Gasteiger charge is -2.31. The number of fused-ring (bicyclic) bond motifs is 2. The van der Waals surface area contributed by atoms with Crippen molar-refractivity contribution in [2.45, 2.75) is 126 Å². The molecule has 3 aromatic rings. The Balaban J connectivity index is 1.53. The number of carbonyl (C=O) groups excluding carboxylic acids is 9. The van der Waals surface area contributed by atoms with Crippen LogP contribution in [0.3, 0.4) is 0 Å². The molecule has 26 heteroatoms. The molecule has 2 aliphatic heterocycles. The Kier molecular flexibility index (Phi) is 21.7. The molecule has 19 N–H and O–H groups in total. The maximum atomic E-state index is 14.7. The van der Waals surface area contributed by atoms with Gasteiger partial charge in [0.2, 0.25) is 53.2 Å². The quantitative estimate of drug-likeness (QED) is 0.0371. The first-order valence-electron chi connectivity index (χ1n) is 24.8. The van der Waals surface area contributed by atoms with Crippen molar-refractivity contribution in [1.82, 2.24) is 47.1 Å². The number of H-pyrrole nitrogens is 1. The van der Waals surface area contributed by atoms with Crippen molar-refractivity contribution >= 4 is 76.0 Å². The Morgan fingerprint density at radius 2 is 1.40 bits per heavy atom. The van der Waals surface area contributed by atoms with Crippen LogP contribution in [0.2, 0.25) is 0 Å². The Bertz CT molecular complexity index is 2570. The van der Waals surface area contributed by atoms with Crippen molar-refractivity contribution in [3.05, 3.63) is 71.9 Å². The number of amides is 9. The summed E-state index contributed by atoms with van der Waals surface area (Å²) >= 11 is 0. The highest BCUT2D eigenvalue weighted by Crippen LogP contribution is 2.23. The lowest BCUT2D eigenvalue weighted by molar-refractivity contribution is -0.143. The first-order chi connectivity index (χ1) is 35.8. The van der Waals surface area contributed by atoms with Gasteiger partial charge in [-0.15, -0.1) is 0 Å². The highest BCUT2D eigenvalue weighted by molar-refractivity contribution is 5.98. The summed E-state index contributed by atoms with van der Waals surface area (Å²) in [5, 5.41) is 30.5. The van der Waals surface area contributed by atoms with Crippen LogP contribution in [0, 0.1) is 0 Å². The Hall–Kier alpha value is -8.29. The van der Waals surface area contributed by atoms with E-state index < -0.39 is 102 Å². The lowest BCUT2D eigenvalue weighted by Crippen LogP contribution is -2.60. The molecule has 2 aliphatic rings. The summed E-state index contributed by atoms with van der Waals surface area (Å²) in [5.74, 6) is -7.27. The zero-order valence-electron chi connectivity index (χ0n) is 41.8. The molecule has 2 fully saturated rings. The van der Waals surface area contributed by atoms with Gasteiger partial charge in [-0.25, -0.2) is 0 Å². The SMILES string of the molecule is CC(=O)N[C@@H](CCCN=C(N)N)C(=O)N[C@H]1CCCC(=O)NCC[C@@H](C(N)=O)NC(=O)[C@H](Cc2c[nH]c3ccccc23)NC(=O)[C@H](CCCN=C(N)N)NC(=O)[C@@H](Cc2ccccc2)NC(=O)[C@@H]2C[C@@H](O)CN2C1=O. The molecule has 9 amide bonds. The van der Waals surface area contributed by atoms with Crippen molar-refractivity contribution < 1.29 is 48.3 Å². The van der Waals surface area contributed by atoms with Gasteiger partial charge < -0.3 is 80.9 Å². The number of aliphatic hydroxyl groups is 1. The molecule has 2 saturated heterocycles. The summed E-state index contributed by atoms with van der Waals surface area (Å²) < 4.78 is 0. The molecule has 0 bridgehead atoms. The molecule has 0 unspecified atom stereocenters. The molecule has 5 rings (SSSR count). The second-order valence-corrected chi connectivity index (χ2v) is 18.5. The van der Waals surface area contributed by atoms with Crippen molar-refractivity contribution in [2.24, 2.45) is 38.7 Å². The zero-order chi connectivity index (χ0) is 54.6. The average Bonchev–Trinajstić information content (AvgIpc) is 3.97. The molecule has 26 nitrogen and oxygen atoms in total. The van der Waals surface area contributed by atoms with Gasteiger partial charge in [-0.1, -0.05) is 48.5 Å². The molecule has 0 spiro atoms. The van der Waals surface area contributed by atoms with Crippen LogP contribution < -0.4 is 65.9 Å². The molecule has 3 heterocycles. The molecule has 8 atom stereocenters. The van der Waals surface area contributed by atoms with Crippen LogP contribution in [0.15, 0.2) is 70.8 Å². The number of hydrogen-bond acceptors (Lipinski definition) is 12. The summed E-state index contributed by atoms with van der Waals surface area (Å²) in [6.07, 6.45) is -0.167. The predicted molar refractivity (Wildman–Crippen MR) is 276 cm³/mol. The van der Waals surface area contributed by atoms with Gasteiger partial charge in [-0.3, -0.25) is 53.1 Å². The summed E-state index contributed by atoms with van der Waals surface area (Å²) in [7, 11) is 0. The first-order valence-corrected chi connectivity index (χ1v) is 24.8. The third kappa shape index (κ3) is 18.0. The van der Waals surface area contributed by atoms with E-state index >= 15 is 0 Å². The standard InChI is InChI=1S/C49H70N16O10/c1-27(66)59-34(15-8-19-56-48(51)52)42(70)62-36-14-7-17-40(68)55-21-18-33(41(50)69)60-45(73)38(23-29-25-58-32-13-6-5-12-31(29)32)63-43(71)35(16-9-20-57-49(53)54)61-44(72)37(22-28-10-3-2-4-11-28)64-46(74)39-24-30(67)26-65(39)47(36)75/h2-6,10-13,25,30,33-39,58,67H,7-9,14-24,26H2,1H3,(H2,50,69)(H,55,68)(H,59,66)(H,60,73)(H,61,72)(H,62,70)(H,63,71)(H,64,74)(H4,51,52,56)(H4,53,54,57)/t30-,33+,34+,35+,36+,37-,38+,39+/m1/s1. The van der Waals surface area contributed by atoms with E-state index in [9.17, 15) is 48.3 Å². The molecule has 2 aromatic carbocycles. The summed E-state index contributed by atoms with van der Waals surface area (Å²) in [6.45, 7) is 0.878. The molecule has 75 heavy (non-hydrogen) atoms. The van der Waals surface area contributed by atoms with Gasteiger partial charge in [0.25, 0.3) is 0 Å². The minimum absolute atomic E-state index is 0.0112. The number of primary amides is 1. The third-order valence-corrected chi connectivity index (χ3v) is 12.7. The molecule has 1 aromatic heterocycles. The first kappa shape index (κ1) is 57.6. The van der Waals surface area contributed by atoms with E-state index in [4.69, 9.17) is 28.7 Å². The highest BCUT2D eigenvalue weighted by atomic mass is 16.3. The van der Waals surface area contributed by atoms with E-state index in [0.29, 0.717) is 11.1 Å². The topological polar surface area (TPSA) is 432 Å². The number of nitrogens with zero attached hydrogens (tertiary/aromatic N) is 3. The van der Waals surface area contributed by atoms with Gasteiger partial charge in [0.05, 0.1) is 6.10 Å². The second-order valence-electron chi connectivity index (χ2n) is 18.5. The smallest absolute Gasteiger partial charge is 0.245 e. The van der Waals surface area contributed by atoms with Crippen LogP contribution in [-0.2, 0) is 56.0 Å². The van der Waals surface area contributed by atoms with Crippen LogP contribution in [-0.4, -0.2) is 155 Å². The Morgan fingerprint density at radius 3 is 2.09 bits per heavy atom. The zero-order valence-corrected chi connectivity index (χ0v) is 41.8. The van der Waals surface area contributed by atoms with E-state index in [1.165, 1.54) is 6.92 Å². The number of aliphatic imine (C=N–C) groups is 2. The number of para-hydroxylation sites is 1. The third-order valence-electron chi connectivity index (χ3n) is 12.7. The average molecular weight is 1040 g/mol.